The van der Waals surface area contributed by atoms with E-state index in [9.17, 15) is 9.18 Å². The second kappa shape index (κ2) is 6.34. The third-order valence-corrected chi connectivity index (χ3v) is 5.10. The Morgan fingerprint density at radius 2 is 2.09 bits per heavy atom. The van der Waals surface area contributed by atoms with Gasteiger partial charge in [-0.25, -0.2) is 4.39 Å². The summed E-state index contributed by atoms with van der Waals surface area (Å²) in [5.41, 5.74) is 2.42. The summed E-state index contributed by atoms with van der Waals surface area (Å²) in [5, 5.41) is 8.89. The fourth-order valence-corrected chi connectivity index (χ4v) is 3.91. The second-order valence-electron chi connectivity index (χ2n) is 6.47. The number of nitrogens with zero attached hydrogens (tertiary/aromatic N) is 2. The van der Waals surface area contributed by atoms with Crippen molar-refractivity contribution in [2.24, 2.45) is 0 Å². The van der Waals surface area contributed by atoms with Gasteiger partial charge in [-0.2, -0.15) is 0 Å². The lowest BCUT2D eigenvalue weighted by Crippen LogP contribution is -2.45. The van der Waals surface area contributed by atoms with Crippen molar-refractivity contribution >= 4 is 5.97 Å². The van der Waals surface area contributed by atoms with Crippen LogP contribution in [-0.2, 0) is 11.2 Å². The van der Waals surface area contributed by atoms with Crippen molar-refractivity contribution in [3.8, 4) is 0 Å². The molecule has 5 heteroatoms. The highest BCUT2D eigenvalue weighted by molar-refractivity contribution is 5.69. The maximum absolute atomic E-state index is 13.5. The van der Waals surface area contributed by atoms with Crippen LogP contribution in [0.15, 0.2) is 18.2 Å². The predicted octanol–water partition coefficient (Wildman–Crippen LogP) is 2.29. The van der Waals surface area contributed by atoms with Crippen LogP contribution < -0.4 is 0 Å². The third-order valence-electron chi connectivity index (χ3n) is 5.10. The maximum Gasteiger partial charge on any atom is 0.317 e. The Morgan fingerprint density at radius 3 is 2.77 bits per heavy atom. The number of halogens is 1. The SMILES string of the molecule is CN(CC(=O)O)C1CCN(C2CCc3ccc(F)cc32)CC1. The number of likely N-dealkylation sites (tertiary alicyclic amines) is 1. The molecular weight excluding hydrogens is 283 g/mol. The van der Waals surface area contributed by atoms with Gasteiger partial charge in [-0.1, -0.05) is 6.07 Å². The Morgan fingerprint density at radius 1 is 1.36 bits per heavy atom. The number of carbonyl (C=O) groups is 1. The molecule has 120 valence electrons. The van der Waals surface area contributed by atoms with E-state index < -0.39 is 5.97 Å². The number of benzene rings is 1. The Bertz CT molecular complexity index is 556. The van der Waals surface area contributed by atoms with Crippen molar-refractivity contribution in [1.82, 2.24) is 9.80 Å². The lowest BCUT2D eigenvalue weighted by Gasteiger charge is -2.39. The molecule has 3 rings (SSSR count). The highest BCUT2D eigenvalue weighted by Crippen LogP contribution is 2.37. The number of hydrogen-bond acceptors (Lipinski definition) is 3. The minimum atomic E-state index is -0.773. The Hall–Kier alpha value is -1.46. The van der Waals surface area contributed by atoms with Crippen molar-refractivity contribution in [3.05, 3.63) is 35.1 Å². The number of likely N-dealkylation sites (N-methyl/N-ethyl adjacent to an activating group) is 1. The number of carboxylic acids is 1. The van der Waals surface area contributed by atoms with Crippen LogP contribution in [0, 0.1) is 5.82 Å². The zero-order valence-corrected chi connectivity index (χ0v) is 13.0. The van der Waals surface area contributed by atoms with Gasteiger partial charge in [0, 0.05) is 25.2 Å². The van der Waals surface area contributed by atoms with E-state index in [1.54, 1.807) is 12.1 Å². The molecule has 1 atom stereocenters. The molecule has 0 radical (unpaired) electrons. The van der Waals surface area contributed by atoms with Gasteiger partial charge in [-0.15, -0.1) is 0 Å². The van der Waals surface area contributed by atoms with Crippen molar-refractivity contribution in [2.45, 2.75) is 37.8 Å². The van der Waals surface area contributed by atoms with E-state index in [1.807, 2.05) is 18.0 Å². The highest BCUT2D eigenvalue weighted by atomic mass is 19.1. The van der Waals surface area contributed by atoms with Gasteiger partial charge in [0.05, 0.1) is 6.54 Å². The quantitative estimate of drug-likeness (QED) is 0.927. The number of carboxylic acid groups (broad SMARTS) is 1. The van der Waals surface area contributed by atoms with Crippen molar-refractivity contribution in [2.75, 3.05) is 26.7 Å². The zero-order valence-electron chi connectivity index (χ0n) is 13.0. The Labute approximate surface area is 130 Å². The topological polar surface area (TPSA) is 43.8 Å². The van der Waals surface area contributed by atoms with Crippen molar-refractivity contribution in [1.29, 1.82) is 0 Å². The van der Waals surface area contributed by atoms with Crippen LogP contribution in [-0.4, -0.2) is 53.6 Å². The van der Waals surface area contributed by atoms with Crippen LogP contribution in [0.2, 0.25) is 0 Å². The van der Waals surface area contributed by atoms with E-state index >= 15 is 0 Å². The first-order valence-corrected chi connectivity index (χ1v) is 7.99. The minimum absolute atomic E-state index is 0.0993. The fourth-order valence-electron chi connectivity index (χ4n) is 3.91. The van der Waals surface area contributed by atoms with E-state index in [4.69, 9.17) is 5.11 Å². The molecule has 1 heterocycles. The normalized spacial score (nSPS) is 23.0. The van der Waals surface area contributed by atoms with E-state index in [-0.39, 0.29) is 12.4 Å². The molecule has 0 bridgehead atoms. The van der Waals surface area contributed by atoms with E-state index in [2.05, 4.69) is 4.90 Å². The monoisotopic (exact) mass is 306 g/mol. The van der Waals surface area contributed by atoms with Gasteiger partial charge >= 0.3 is 5.97 Å². The molecule has 0 spiro atoms. The van der Waals surface area contributed by atoms with Crippen molar-refractivity contribution in [3.63, 3.8) is 0 Å². The molecule has 1 aromatic rings. The molecule has 0 saturated carbocycles. The molecule has 0 aromatic heterocycles. The van der Waals surface area contributed by atoms with Crippen LogP contribution in [0.3, 0.4) is 0 Å². The molecule has 1 aromatic carbocycles. The van der Waals surface area contributed by atoms with Crippen LogP contribution in [0.4, 0.5) is 4.39 Å². The Balaban J connectivity index is 1.61. The number of aryl methyl sites for hydroxylation is 1. The summed E-state index contributed by atoms with van der Waals surface area (Å²) in [6, 6.07) is 5.82. The van der Waals surface area contributed by atoms with Gasteiger partial charge in [0.2, 0.25) is 0 Å². The van der Waals surface area contributed by atoms with Gasteiger partial charge in [0.15, 0.2) is 0 Å². The van der Waals surface area contributed by atoms with Gasteiger partial charge in [0.1, 0.15) is 5.82 Å². The average molecular weight is 306 g/mol. The first-order valence-electron chi connectivity index (χ1n) is 7.99. The van der Waals surface area contributed by atoms with Crippen LogP contribution in [0.25, 0.3) is 0 Å². The smallest absolute Gasteiger partial charge is 0.317 e. The van der Waals surface area contributed by atoms with Crippen molar-refractivity contribution < 1.29 is 14.3 Å². The lowest BCUT2D eigenvalue weighted by molar-refractivity contribution is -0.138. The van der Waals surface area contributed by atoms with Gasteiger partial charge in [-0.3, -0.25) is 14.6 Å². The summed E-state index contributed by atoms with van der Waals surface area (Å²) in [6.07, 6.45) is 4.05. The summed E-state index contributed by atoms with van der Waals surface area (Å²) in [7, 11) is 1.88. The largest absolute Gasteiger partial charge is 0.480 e. The first kappa shape index (κ1) is 15.4. The summed E-state index contributed by atoms with van der Waals surface area (Å²) < 4.78 is 13.5. The highest BCUT2D eigenvalue weighted by Gasteiger charge is 2.32. The van der Waals surface area contributed by atoms with E-state index in [1.165, 1.54) is 5.56 Å². The molecule has 1 fully saturated rings. The number of aliphatic carboxylic acids is 1. The third kappa shape index (κ3) is 3.15. The number of rotatable bonds is 4. The molecule has 22 heavy (non-hydrogen) atoms. The molecule has 1 unspecified atom stereocenters. The zero-order chi connectivity index (χ0) is 15.7. The molecule has 0 amide bonds. The molecule has 2 aliphatic rings. The molecule has 1 aliphatic heterocycles. The van der Waals surface area contributed by atoms with Crippen LogP contribution in [0.5, 0.6) is 0 Å². The number of piperidine rings is 1. The molecule has 1 aliphatic carbocycles. The Kier molecular flexibility index (Phi) is 4.45. The van der Waals surface area contributed by atoms with E-state index in [0.717, 1.165) is 44.3 Å². The number of hydrogen-bond donors (Lipinski definition) is 1. The molecular formula is C17H23FN2O2. The summed E-state index contributed by atoms with van der Waals surface area (Å²) >= 11 is 0. The fraction of sp³-hybridized carbons (Fsp3) is 0.588. The molecule has 1 N–H and O–H groups in total. The molecule has 4 nitrogen and oxygen atoms in total. The van der Waals surface area contributed by atoms with Crippen LogP contribution >= 0.6 is 0 Å². The van der Waals surface area contributed by atoms with Gasteiger partial charge in [-0.05, 0) is 56.0 Å². The van der Waals surface area contributed by atoms with Gasteiger partial charge in [0.25, 0.3) is 0 Å². The van der Waals surface area contributed by atoms with Crippen LogP contribution in [0.1, 0.15) is 36.4 Å². The maximum atomic E-state index is 13.5. The first-order chi connectivity index (χ1) is 10.5. The summed E-state index contributed by atoms with van der Waals surface area (Å²) in [6.45, 7) is 2.01. The summed E-state index contributed by atoms with van der Waals surface area (Å²) in [5.74, 6) is -0.924. The standard InChI is InChI=1S/C17H23FN2O2/c1-19(11-17(21)22)14-6-8-20(9-7-14)16-5-3-12-2-4-13(18)10-15(12)16/h2,4,10,14,16H,3,5-9,11H2,1H3,(H,21,22). The minimum Gasteiger partial charge on any atom is -0.480 e. The lowest BCUT2D eigenvalue weighted by atomic mass is 9.99. The number of fused-ring (bicyclic) bond motifs is 1. The van der Waals surface area contributed by atoms with Gasteiger partial charge < -0.3 is 5.11 Å². The summed E-state index contributed by atoms with van der Waals surface area (Å²) in [4.78, 5) is 15.2. The predicted molar refractivity (Wildman–Crippen MR) is 82.3 cm³/mol. The average Bonchev–Trinajstić information content (AvgIpc) is 2.89. The molecule has 1 saturated heterocycles. The second-order valence-corrected chi connectivity index (χ2v) is 6.47. The van der Waals surface area contributed by atoms with E-state index in [0.29, 0.717) is 12.1 Å².